The average Bonchev–Trinajstić information content (AvgIpc) is 2.43. The fraction of sp³-hybridized carbons (Fsp3) is 0.722. The van der Waals surface area contributed by atoms with Gasteiger partial charge in [-0.15, -0.1) is 11.8 Å². The largest absolute Gasteiger partial charge is 0.481 e. The van der Waals surface area contributed by atoms with Crippen LogP contribution in [0.4, 0.5) is 0 Å². The summed E-state index contributed by atoms with van der Waals surface area (Å²) in [6.07, 6.45) is 12.0. The Hall–Kier alpha value is -1.41. The van der Waals surface area contributed by atoms with Gasteiger partial charge in [0.05, 0.1) is 6.42 Å². The molecule has 0 heterocycles. The van der Waals surface area contributed by atoms with Gasteiger partial charge in [-0.05, 0) is 19.3 Å². The summed E-state index contributed by atoms with van der Waals surface area (Å²) < 4.78 is 0. The molecule has 2 nitrogen and oxygen atoms in total. The number of carbonyl (C=O) groups is 1. The molecule has 1 N–H and O–H groups in total. The maximum atomic E-state index is 10.3. The van der Waals surface area contributed by atoms with Gasteiger partial charge in [-0.3, -0.25) is 4.79 Å². The molecule has 0 rings (SSSR count). The number of hydrogen-bond donors (Lipinski definition) is 1. The predicted molar refractivity (Wildman–Crippen MR) is 84.3 cm³/mol. The summed E-state index contributed by atoms with van der Waals surface area (Å²) in [5.74, 6) is 11.7. The molecule has 0 unspecified atom stereocenters. The van der Waals surface area contributed by atoms with Crippen LogP contribution in [0.1, 0.15) is 84.0 Å². The molecule has 0 amide bonds. The van der Waals surface area contributed by atoms with Gasteiger partial charge in [-0.2, -0.15) is 0 Å². The maximum absolute atomic E-state index is 10.3. The minimum Gasteiger partial charge on any atom is -0.481 e. The van der Waals surface area contributed by atoms with Crippen LogP contribution in [0.2, 0.25) is 0 Å². The molecule has 0 radical (unpaired) electrons. The molecule has 0 aliphatic rings. The third-order valence-corrected chi connectivity index (χ3v) is 3.02. The molecule has 0 aromatic carbocycles. The van der Waals surface area contributed by atoms with Crippen LogP contribution in [-0.4, -0.2) is 11.1 Å². The molecule has 0 saturated carbocycles. The van der Waals surface area contributed by atoms with Crippen LogP contribution in [0.15, 0.2) is 0 Å². The lowest BCUT2D eigenvalue weighted by atomic mass is 10.1. The molecule has 0 fully saturated rings. The Balaban J connectivity index is 3.30. The van der Waals surface area contributed by atoms with Crippen molar-refractivity contribution in [1.29, 1.82) is 0 Å². The summed E-state index contributed by atoms with van der Waals surface area (Å²) in [6.45, 7) is 2.23. The first-order chi connectivity index (χ1) is 9.77. The Morgan fingerprint density at radius 2 is 1.35 bits per heavy atom. The summed E-state index contributed by atoms with van der Waals surface area (Å²) >= 11 is 0. The SMILES string of the molecule is CCCCCCCC#CCC#CCCCCCC(=O)O. The number of carboxylic acid groups (broad SMARTS) is 1. The normalized spacial score (nSPS) is 9.25. The molecule has 0 aromatic heterocycles. The summed E-state index contributed by atoms with van der Waals surface area (Å²) in [5.41, 5.74) is 0. The van der Waals surface area contributed by atoms with Gasteiger partial charge in [0.1, 0.15) is 0 Å². The van der Waals surface area contributed by atoms with Crippen LogP contribution in [0.25, 0.3) is 0 Å². The van der Waals surface area contributed by atoms with Crippen molar-refractivity contribution in [3.8, 4) is 23.7 Å². The zero-order chi connectivity index (χ0) is 14.9. The van der Waals surface area contributed by atoms with Gasteiger partial charge >= 0.3 is 5.97 Å². The van der Waals surface area contributed by atoms with Crippen molar-refractivity contribution in [2.75, 3.05) is 0 Å². The lowest BCUT2D eigenvalue weighted by Crippen LogP contribution is -1.93. The number of carboxylic acids is 1. The molecule has 2 heteroatoms. The van der Waals surface area contributed by atoms with Crippen LogP contribution in [0, 0.1) is 23.7 Å². The van der Waals surface area contributed by atoms with Crippen LogP contribution in [-0.2, 0) is 4.79 Å². The van der Waals surface area contributed by atoms with Crippen molar-refractivity contribution in [1.82, 2.24) is 0 Å². The smallest absolute Gasteiger partial charge is 0.303 e. The summed E-state index contributed by atoms with van der Waals surface area (Å²) in [4.78, 5) is 10.3. The maximum Gasteiger partial charge on any atom is 0.303 e. The van der Waals surface area contributed by atoms with Crippen molar-refractivity contribution < 1.29 is 9.90 Å². The highest BCUT2D eigenvalue weighted by atomic mass is 16.4. The number of hydrogen-bond acceptors (Lipinski definition) is 1. The van der Waals surface area contributed by atoms with E-state index in [-0.39, 0.29) is 6.42 Å². The third-order valence-electron chi connectivity index (χ3n) is 3.02. The molecule has 0 atom stereocenters. The number of rotatable bonds is 10. The molecule has 112 valence electrons. The highest BCUT2D eigenvalue weighted by molar-refractivity contribution is 5.66. The molecule has 20 heavy (non-hydrogen) atoms. The lowest BCUT2D eigenvalue weighted by Gasteiger charge is -1.94. The number of unbranched alkanes of at least 4 members (excludes halogenated alkanes) is 8. The van der Waals surface area contributed by atoms with Crippen molar-refractivity contribution >= 4 is 5.97 Å². The minimum atomic E-state index is -0.707. The molecule has 0 saturated heterocycles. The lowest BCUT2D eigenvalue weighted by molar-refractivity contribution is -0.137. The highest BCUT2D eigenvalue weighted by Crippen LogP contribution is 2.04. The molecule has 0 bridgehead atoms. The van der Waals surface area contributed by atoms with Gasteiger partial charge in [0.2, 0.25) is 0 Å². The van der Waals surface area contributed by atoms with Crippen LogP contribution >= 0.6 is 0 Å². The average molecular weight is 276 g/mol. The van der Waals surface area contributed by atoms with Gasteiger partial charge in [0.25, 0.3) is 0 Å². The van der Waals surface area contributed by atoms with E-state index in [1.165, 1.54) is 32.1 Å². The van der Waals surface area contributed by atoms with E-state index in [1.807, 2.05) is 0 Å². The molecule has 0 aliphatic carbocycles. The first-order valence-corrected chi connectivity index (χ1v) is 7.90. The second-order valence-electron chi connectivity index (χ2n) is 5.00. The third kappa shape index (κ3) is 16.6. The van der Waals surface area contributed by atoms with Crippen molar-refractivity contribution in [2.45, 2.75) is 84.0 Å². The van der Waals surface area contributed by atoms with E-state index in [0.29, 0.717) is 6.42 Å². The van der Waals surface area contributed by atoms with Crippen LogP contribution in [0.3, 0.4) is 0 Å². The zero-order valence-corrected chi connectivity index (χ0v) is 12.8. The highest BCUT2D eigenvalue weighted by Gasteiger charge is 1.94. The summed E-state index contributed by atoms with van der Waals surface area (Å²) in [6, 6.07) is 0. The van der Waals surface area contributed by atoms with E-state index < -0.39 is 5.97 Å². The second kappa shape index (κ2) is 15.6. The molecular formula is C18H28O2. The zero-order valence-electron chi connectivity index (χ0n) is 12.8. The first-order valence-electron chi connectivity index (χ1n) is 7.90. The quantitative estimate of drug-likeness (QED) is 0.460. The van der Waals surface area contributed by atoms with Crippen molar-refractivity contribution in [3.63, 3.8) is 0 Å². The number of aliphatic carboxylic acids is 1. The molecular weight excluding hydrogens is 248 g/mol. The molecule has 0 spiro atoms. The Kier molecular flexibility index (Phi) is 14.5. The standard InChI is InChI=1S/C18H28O2/c1-2-3-4-5-6-7-8-9-10-11-12-13-14-15-16-17-18(19)20/h2-7,10,13-17H2,1H3,(H,19,20). The van der Waals surface area contributed by atoms with Crippen LogP contribution in [0.5, 0.6) is 0 Å². The second-order valence-corrected chi connectivity index (χ2v) is 5.00. The van der Waals surface area contributed by atoms with E-state index in [1.54, 1.807) is 0 Å². The first kappa shape index (κ1) is 18.6. The summed E-state index contributed by atoms with van der Waals surface area (Å²) in [7, 11) is 0. The monoisotopic (exact) mass is 276 g/mol. The fourth-order valence-corrected chi connectivity index (χ4v) is 1.83. The van der Waals surface area contributed by atoms with Gasteiger partial charge in [-0.25, -0.2) is 0 Å². The molecule has 0 aromatic rings. The van der Waals surface area contributed by atoms with Crippen LogP contribution < -0.4 is 0 Å². The topological polar surface area (TPSA) is 37.3 Å². The Labute approximate surface area is 124 Å². The van der Waals surface area contributed by atoms with Gasteiger partial charge in [-0.1, -0.05) is 50.9 Å². The molecule has 0 aliphatic heterocycles. The van der Waals surface area contributed by atoms with Gasteiger partial charge < -0.3 is 5.11 Å². The minimum absolute atomic E-state index is 0.275. The van der Waals surface area contributed by atoms with E-state index in [9.17, 15) is 4.79 Å². The van der Waals surface area contributed by atoms with E-state index in [0.717, 1.165) is 32.1 Å². The fourth-order valence-electron chi connectivity index (χ4n) is 1.83. The Morgan fingerprint density at radius 3 is 1.90 bits per heavy atom. The van der Waals surface area contributed by atoms with Crippen molar-refractivity contribution in [2.24, 2.45) is 0 Å². The van der Waals surface area contributed by atoms with E-state index >= 15 is 0 Å². The Morgan fingerprint density at radius 1 is 0.800 bits per heavy atom. The van der Waals surface area contributed by atoms with E-state index in [2.05, 4.69) is 30.6 Å². The Bertz CT molecular complexity index is 349. The van der Waals surface area contributed by atoms with Gasteiger partial charge in [0.15, 0.2) is 0 Å². The van der Waals surface area contributed by atoms with Gasteiger partial charge in [0, 0.05) is 19.3 Å². The van der Waals surface area contributed by atoms with Crippen molar-refractivity contribution in [3.05, 3.63) is 0 Å². The summed E-state index contributed by atoms with van der Waals surface area (Å²) in [5, 5.41) is 8.47. The van der Waals surface area contributed by atoms with E-state index in [4.69, 9.17) is 5.11 Å². The predicted octanol–water partition coefficient (Wildman–Crippen LogP) is 4.78.